The van der Waals surface area contributed by atoms with Crippen molar-refractivity contribution in [1.82, 2.24) is 15.0 Å². The second kappa shape index (κ2) is 8.20. The number of nitrogens with zero attached hydrogens (tertiary/aromatic N) is 3. The van der Waals surface area contributed by atoms with Crippen LogP contribution in [0.25, 0.3) is 10.9 Å². The van der Waals surface area contributed by atoms with E-state index in [2.05, 4.69) is 28.0 Å². The Labute approximate surface area is 185 Å². The van der Waals surface area contributed by atoms with Crippen LogP contribution in [0, 0.1) is 4.77 Å². The van der Waals surface area contributed by atoms with E-state index in [9.17, 15) is 0 Å². The fourth-order valence-corrected chi connectivity index (χ4v) is 3.96. The van der Waals surface area contributed by atoms with Crippen LogP contribution < -0.4 is 15.6 Å². The summed E-state index contributed by atoms with van der Waals surface area (Å²) in [5, 5.41) is 0.996. The SMILES string of the molecule is CCOc1ccc(N=C2NNc3c4c2cccc4nc(=S)n3Cc2ccccc2)cc1. The largest absolute Gasteiger partial charge is 0.494 e. The molecule has 7 heteroatoms. The van der Waals surface area contributed by atoms with Crippen LogP contribution in [0.4, 0.5) is 11.5 Å². The van der Waals surface area contributed by atoms with Gasteiger partial charge in [-0.25, -0.2) is 9.98 Å². The lowest BCUT2D eigenvalue weighted by molar-refractivity contribution is 0.340. The molecule has 4 aromatic rings. The first-order valence-electron chi connectivity index (χ1n) is 10.1. The van der Waals surface area contributed by atoms with Gasteiger partial charge in [0.2, 0.25) is 4.77 Å². The Morgan fingerprint density at radius 2 is 1.77 bits per heavy atom. The molecule has 2 N–H and O–H groups in total. The summed E-state index contributed by atoms with van der Waals surface area (Å²) in [5.74, 6) is 2.45. The number of amidine groups is 1. The first-order chi connectivity index (χ1) is 15.2. The van der Waals surface area contributed by atoms with Gasteiger partial charge in [-0.05, 0) is 55.0 Å². The molecule has 1 aromatic heterocycles. The topological polar surface area (TPSA) is 63.5 Å². The number of hydrogen-bond donors (Lipinski definition) is 2. The lowest BCUT2D eigenvalue weighted by atomic mass is 10.1. The van der Waals surface area contributed by atoms with E-state index in [1.807, 2.05) is 72.2 Å². The molecular weight excluding hydrogens is 406 g/mol. The number of hydrogen-bond acceptors (Lipinski definition) is 5. The molecule has 1 aliphatic rings. The molecule has 0 fully saturated rings. The summed E-state index contributed by atoms with van der Waals surface area (Å²) in [6.07, 6.45) is 0. The average Bonchev–Trinajstić information content (AvgIpc) is 2.80. The van der Waals surface area contributed by atoms with Crippen molar-refractivity contribution in [1.29, 1.82) is 0 Å². The summed E-state index contributed by atoms with van der Waals surface area (Å²) in [5.41, 5.74) is 10.4. The van der Waals surface area contributed by atoms with E-state index < -0.39 is 0 Å². The first-order valence-corrected chi connectivity index (χ1v) is 10.5. The maximum Gasteiger partial charge on any atom is 0.201 e. The number of benzene rings is 3. The van der Waals surface area contributed by atoms with E-state index in [1.54, 1.807) is 0 Å². The molecule has 1 aliphatic heterocycles. The normalized spacial score (nSPS) is 13.6. The maximum absolute atomic E-state index is 5.61. The summed E-state index contributed by atoms with van der Waals surface area (Å²) >= 11 is 5.61. The lowest BCUT2D eigenvalue weighted by Crippen LogP contribution is -2.36. The van der Waals surface area contributed by atoms with Crippen molar-refractivity contribution in [3.05, 3.63) is 88.7 Å². The highest BCUT2D eigenvalue weighted by Crippen LogP contribution is 2.30. The molecule has 0 spiro atoms. The Hall–Kier alpha value is -3.71. The zero-order chi connectivity index (χ0) is 21.2. The predicted octanol–water partition coefficient (Wildman–Crippen LogP) is 5.22. The fourth-order valence-electron chi connectivity index (χ4n) is 3.70. The van der Waals surface area contributed by atoms with Crippen LogP contribution >= 0.6 is 12.2 Å². The van der Waals surface area contributed by atoms with Crippen LogP contribution in [0.1, 0.15) is 18.1 Å². The molecule has 0 radical (unpaired) electrons. The summed E-state index contributed by atoms with van der Waals surface area (Å²) in [6.45, 7) is 3.24. The third-order valence-corrected chi connectivity index (χ3v) is 5.43. The molecular formula is C24H21N5OS. The summed E-state index contributed by atoms with van der Waals surface area (Å²) in [4.78, 5) is 9.49. The highest BCUT2D eigenvalue weighted by Gasteiger charge is 2.21. The molecule has 0 amide bonds. The lowest BCUT2D eigenvalue weighted by Gasteiger charge is -2.25. The second-order valence-corrected chi connectivity index (χ2v) is 7.52. The van der Waals surface area contributed by atoms with Crippen LogP contribution in [-0.2, 0) is 6.54 Å². The van der Waals surface area contributed by atoms with Crippen LogP contribution in [0.15, 0.2) is 77.8 Å². The van der Waals surface area contributed by atoms with E-state index in [0.29, 0.717) is 17.9 Å². The molecule has 154 valence electrons. The highest BCUT2D eigenvalue weighted by atomic mass is 32.1. The van der Waals surface area contributed by atoms with Gasteiger partial charge in [0, 0.05) is 5.56 Å². The van der Waals surface area contributed by atoms with Crippen molar-refractivity contribution >= 4 is 40.5 Å². The van der Waals surface area contributed by atoms with Crippen molar-refractivity contribution in [2.75, 3.05) is 12.0 Å². The molecule has 0 saturated heterocycles. The Morgan fingerprint density at radius 3 is 2.55 bits per heavy atom. The Kier molecular flexibility index (Phi) is 5.09. The fraction of sp³-hybridized carbons (Fsp3) is 0.125. The Morgan fingerprint density at radius 1 is 0.968 bits per heavy atom. The van der Waals surface area contributed by atoms with Crippen LogP contribution in [0.2, 0.25) is 0 Å². The molecule has 6 nitrogen and oxygen atoms in total. The van der Waals surface area contributed by atoms with Gasteiger partial charge in [0.25, 0.3) is 0 Å². The number of aromatic nitrogens is 2. The first kappa shape index (κ1) is 19.3. The van der Waals surface area contributed by atoms with Gasteiger partial charge < -0.3 is 4.74 Å². The van der Waals surface area contributed by atoms with Gasteiger partial charge in [-0.3, -0.25) is 15.4 Å². The number of anilines is 1. The van der Waals surface area contributed by atoms with Gasteiger partial charge in [0.15, 0.2) is 5.84 Å². The number of nitrogens with one attached hydrogen (secondary N) is 2. The van der Waals surface area contributed by atoms with Gasteiger partial charge in [-0.1, -0.05) is 42.5 Å². The quantitative estimate of drug-likeness (QED) is 0.428. The summed E-state index contributed by atoms with van der Waals surface area (Å²) < 4.78 is 8.06. The van der Waals surface area contributed by atoms with Gasteiger partial charge in [0.05, 0.1) is 29.7 Å². The van der Waals surface area contributed by atoms with E-state index in [4.69, 9.17) is 21.9 Å². The standard InChI is InChI=1S/C24H21N5OS/c1-2-30-18-13-11-17(12-14-18)25-22-19-9-6-10-20-21(19)23(28-27-22)29(24(31)26-20)15-16-7-4-3-5-8-16/h3-14,28H,2,15H2,1H3,(H,25,27). The number of aliphatic imine (C=N–C) groups is 1. The molecule has 0 saturated carbocycles. The Bertz CT molecular complexity index is 1330. The van der Waals surface area contributed by atoms with Crippen LogP contribution in [-0.4, -0.2) is 22.0 Å². The number of hydrazine groups is 1. The average molecular weight is 428 g/mol. The van der Waals surface area contributed by atoms with Crippen molar-refractivity contribution in [3.8, 4) is 5.75 Å². The van der Waals surface area contributed by atoms with Gasteiger partial charge in [-0.15, -0.1) is 0 Å². The van der Waals surface area contributed by atoms with E-state index in [1.165, 1.54) is 0 Å². The molecule has 2 heterocycles. The highest BCUT2D eigenvalue weighted by molar-refractivity contribution is 7.71. The van der Waals surface area contributed by atoms with Gasteiger partial charge in [0.1, 0.15) is 11.6 Å². The predicted molar refractivity (Wildman–Crippen MR) is 127 cm³/mol. The molecule has 31 heavy (non-hydrogen) atoms. The monoisotopic (exact) mass is 427 g/mol. The van der Waals surface area contributed by atoms with Gasteiger partial charge >= 0.3 is 0 Å². The smallest absolute Gasteiger partial charge is 0.201 e. The van der Waals surface area contributed by atoms with Crippen LogP contribution in [0.3, 0.4) is 0 Å². The maximum atomic E-state index is 5.61. The van der Waals surface area contributed by atoms with Gasteiger partial charge in [-0.2, -0.15) is 0 Å². The third kappa shape index (κ3) is 3.75. The van der Waals surface area contributed by atoms with E-state index in [-0.39, 0.29) is 0 Å². The molecule has 0 atom stereocenters. The minimum atomic E-state index is 0.532. The number of rotatable bonds is 5. The zero-order valence-corrected chi connectivity index (χ0v) is 17.8. The molecule has 0 unspecified atom stereocenters. The minimum absolute atomic E-state index is 0.532. The molecule has 3 aromatic carbocycles. The van der Waals surface area contributed by atoms with Crippen molar-refractivity contribution in [3.63, 3.8) is 0 Å². The van der Waals surface area contributed by atoms with E-state index >= 15 is 0 Å². The second-order valence-electron chi connectivity index (χ2n) is 7.15. The van der Waals surface area contributed by atoms with Crippen LogP contribution in [0.5, 0.6) is 5.75 Å². The third-order valence-electron chi connectivity index (χ3n) is 5.12. The minimum Gasteiger partial charge on any atom is -0.494 e. The van der Waals surface area contributed by atoms with Crippen molar-refractivity contribution in [2.45, 2.75) is 13.5 Å². The molecule has 0 bridgehead atoms. The molecule has 0 aliphatic carbocycles. The van der Waals surface area contributed by atoms with Crippen molar-refractivity contribution < 1.29 is 4.74 Å². The Balaban J connectivity index is 1.60. The molecule has 5 rings (SSSR count). The number of ether oxygens (including phenoxy) is 1. The summed E-state index contributed by atoms with van der Waals surface area (Å²) in [7, 11) is 0. The zero-order valence-electron chi connectivity index (χ0n) is 17.0. The summed E-state index contributed by atoms with van der Waals surface area (Å²) in [6, 6.07) is 24.0. The van der Waals surface area contributed by atoms with E-state index in [0.717, 1.165) is 45.1 Å². The van der Waals surface area contributed by atoms with Crippen molar-refractivity contribution in [2.24, 2.45) is 4.99 Å².